The van der Waals surface area contributed by atoms with Crippen LogP contribution in [-0.4, -0.2) is 29.7 Å². The molecule has 0 N–H and O–H groups in total. The fraction of sp³-hybridized carbons (Fsp3) is 0.419. The van der Waals surface area contributed by atoms with Crippen molar-refractivity contribution < 1.29 is 23.4 Å². The van der Waals surface area contributed by atoms with Gasteiger partial charge in [0.25, 0.3) is 0 Å². The number of methoxy groups -OCH3 is 2. The van der Waals surface area contributed by atoms with E-state index < -0.39 is 11.6 Å². The molecule has 2 aromatic carbocycles. The first-order valence-corrected chi connectivity index (χ1v) is 14.5. The zero-order valence-electron chi connectivity index (χ0n) is 24.2. The van der Waals surface area contributed by atoms with Crippen LogP contribution in [0.3, 0.4) is 0 Å². The molecule has 6 nitrogen and oxygen atoms in total. The Labute approximate surface area is 239 Å². The molecule has 0 atom stereocenters. The lowest BCUT2D eigenvalue weighted by molar-refractivity contribution is -0.133. The number of thioether (sulfide) groups is 2. The maximum atomic E-state index is 12.5. The van der Waals surface area contributed by atoms with E-state index in [1.165, 1.54) is 26.5 Å². The van der Waals surface area contributed by atoms with Crippen molar-refractivity contribution >= 4 is 46.0 Å². The van der Waals surface area contributed by atoms with Crippen molar-refractivity contribution in [2.75, 3.05) is 14.2 Å². The molecule has 210 valence electrons. The highest BCUT2D eigenvalue weighted by molar-refractivity contribution is 8.17. The molecule has 0 aliphatic rings. The Hall–Kier alpha value is -2.84. The molecule has 1 heterocycles. The molecule has 0 fully saturated rings. The first-order chi connectivity index (χ1) is 18.2. The third-order valence-electron chi connectivity index (χ3n) is 5.61. The fourth-order valence-electron chi connectivity index (χ4n) is 4.03. The second-order valence-electron chi connectivity index (χ2n) is 11.1. The Morgan fingerprint density at radius 2 is 1.64 bits per heavy atom. The summed E-state index contributed by atoms with van der Waals surface area (Å²) in [4.78, 5) is 25.0. The molecular weight excluding hydrogens is 532 g/mol. The van der Waals surface area contributed by atoms with Gasteiger partial charge in [0.15, 0.2) is 0 Å². The van der Waals surface area contributed by atoms with Crippen molar-refractivity contribution in [1.82, 2.24) is 0 Å². The summed E-state index contributed by atoms with van der Waals surface area (Å²) in [6, 6.07) is 12.9. The van der Waals surface area contributed by atoms with Crippen molar-refractivity contribution in [1.29, 1.82) is 0 Å². The van der Waals surface area contributed by atoms with Crippen molar-refractivity contribution in [3.8, 4) is 5.75 Å². The fourth-order valence-corrected chi connectivity index (χ4v) is 7.92. The molecule has 0 unspecified atom stereocenters. The normalized spacial score (nSPS) is 12.6. The van der Waals surface area contributed by atoms with Crippen LogP contribution in [-0.2, 0) is 20.9 Å². The van der Waals surface area contributed by atoms with Crippen molar-refractivity contribution in [3.63, 3.8) is 0 Å². The van der Waals surface area contributed by atoms with Crippen LogP contribution in [0, 0.1) is 6.92 Å². The van der Waals surface area contributed by atoms with Gasteiger partial charge in [-0.05, 0) is 35.7 Å². The zero-order valence-corrected chi connectivity index (χ0v) is 25.8. The van der Waals surface area contributed by atoms with E-state index in [2.05, 4.69) is 41.5 Å². The number of aryl methyl sites for hydroxylation is 1. The first-order valence-electron chi connectivity index (χ1n) is 12.7. The molecule has 0 aliphatic carbocycles. The molecular formula is C31H38O6S2. The molecule has 8 heteroatoms. The Kier molecular flexibility index (Phi) is 9.88. The number of fused-ring (bicyclic) bond motifs is 1. The van der Waals surface area contributed by atoms with Gasteiger partial charge in [-0.1, -0.05) is 65.8 Å². The maximum Gasteiger partial charge on any atom is 0.341 e. The van der Waals surface area contributed by atoms with E-state index in [-0.39, 0.29) is 20.7 Å². The summed E-state index contributed by atoms with van der Waals surface area (Å²) in [5, 5.41) is 0.877. The van der Waals surface area contributed by atoms with Gasteiger partial charge < -0.3 is 18.6 Å². The minimum atomic E-state index is -0.504. The largest absolute Gasteiger partial charge is 0.503 e. The van der Waals surface area contributed by atoms with Crippen LogP contribution in [0.5, 0.6) is 5.75 Å². The first kappa shape index (κ1) is 30.7. The zero-order chi connectivity index (χ0) is 29.0. The summed E-state index contributed by atoms with van der Waals surface area (Å²) in [7, 11) is 2.82. The van der Waals surface area contributed by atoms with Gasteiger partial charge in [-0.2, -0.15) is 0 Å². The minimum Gasteiger partial charge on any atom is -0.503 e. The quantitative estimate of drug-likeness (QED) is 0.0845. The summed E-state index contributed by atoms with van der Waals surface area (Å²) in [6.45, 7) is 15.1. The van der Waals surface area contributed by atoms with E-state index in [9.17, 15) is 9.59 Å². The number of hydrogen-bond donors (Lipinski definition) is 0. The molecule has 0 bridgehead atoms. The van der Waals surface area contributed by atoms with Crippen molar-refractivity contribution in [2.45, 2.75) is 69.1 Å². The van der Waals surface area contributed by atoms with Gasteiger partial charge in [0.05, 0.1) is 30.6 Å². The van der Waals surface area contributed by atoms with Crippen LogP contribution in [0.4, 0.5) is 0 Å². The monoisotopic (exact) mass is 570 g/mol. The molecule has 0 amide bonds. The van der Waals surface area contributed by atoms with E-state index >= 15 is 0 Å². The number of carbonyl (C=O) groups is 1. The Morgan fingerprint density at radius 3 is 2.23 bits per heavy atom. The van der Waals surface area contributed by atoms with Crippen LogP contribution in [0.2, 0.25) is 0 Å². The standard InChI is InChI=1S/C31H38O6S2/c1-19-16-25(32)37-27-21(19)14-15-24(26(27)29(38-30(2,3)4)39-31(5,6)7)36-17-20-12-10-11-13-22(20)23(18-34-8)28(33)35-9/h10-16,18,29H,17H2,1-9H3/b23-18+. The summed E-state index contributed by atoms with van der Waals surface area (Å²) in [5.74, 6) is 0.121. The summed E-state index contributed by atoms with van der Waals surface area (Å²) < 4.78 is 22.3. The third-order valence-corrected chi connectivity index (χ3v) is 8.50. The highest BCUT2D eigenvalue weighted by atomic mass is 32.2. The number of carbonyl (C=O) groups excluding carboxylic acids is 1. The molecule has 0 spiro atoms. The van der Waals surface area contributed by atoms with Gasteiger partial charge in [0, 0.05) is 20.9 Å². The number of benzene rings is 2. The van der Waals surface area contributed by atoms with E-state index in [4.69, 9.17) is 18.6 Å². The van der Waals surface area contributed by atoms with E-state index in [1.54, 1.807) is 23.5 Å². The van der Waals surface area contributed by atoms with E-state index in [0.717, 1.165) is 22.1 Å². The van der Waals surface area contributed by atoms with Crippen LogP contribution < -0.4 is 10.4 Å². The number of rotatable bonds is 9. The van der Waals surface area contributed by atoms with Gasteiger partial charge in [-0.15, -0.1) is 23.5 Å². The molecule has 0 radical (unpaired) electrons. The molecule has 3 aromatic rings. The number of ether oxygens (including phenoxy) is 3. The van der Waals surface area contributed by atoms with Crippen molar-refractivity contribution in [3.05, 3.63) is 81.4 Å². The molecule has 3 rings (SSSR count). The molecule has 0 saturated heterocycles. The Morgan fingerprint density at radius 1 is 1.00 bits per heavy atom. The lowest BCUT2D eigenvalue weighted by Gasteiger charge is -2.32. The van der Waals surface area contributed by atoms with Gasteiger partial charge in [0.1, 0.15) is 23.5 Å². The average molecular weight is 571 g/mol. The van der Waals surface area contributed by atoms with Crippen LogP contribution in [0.25, 0.3) is 16.5 Å². The predicted molar refractivity (Wildman–Crippen MR) is 162 cm³/mol. The van der Waals surface area contributed by atoms with Crippen molar-refractivity contribution in [2.24, 2.45) is 0 Å². The average Bonchev–Trinajstić information content (AvgIpc) is 2.83. The number of esters is 1. The van der Waals surface area contributed by atoms with Crippen LogP contribution >= 0.6 is 23.5 Å². The van der Waals surface area contributed by atoms with Gasteiger partial charge in [-0.25, -0.2) is 9.59 Å². The number of hydrogen-bond acceptors (Lipinski definition) is 8. The lowest BCUT2D eigenvalue weighted by Crippen LogP contribution is -2.16. The van der Waals surface area contributed by atoms with Gasteiger partial charge in [0.2, 0.25) is 0 Å². The lowest BCUT2D eigenvalue weighted by atomic mass is 10.0. The van der Waals surface area contributed by atoms with E-state index in [1.807, 2.05) is 43.3 Å². The van der Waals surface area contributed by atoms with Crippen LogP contribution in [0.15, 0.2) is 57.9 Å². The predicted octanol–water partition coefficient (Wildman–Crippen LogP) is 7.90. The second-order valence-corrected chi connectivity index (χ2v) is 15.3. The second kappa shape index (κ2) is 12.6. The molecule has 1 aromatic heterocycles. The smallest absolute Gasteiger partial charge is 0.341 e. The Balaban J connectivity index is 2.18. The molecule has 0 aliphatic heterocycles. The summed E-state index contributed by atoms with van der Waals surface area (Å²) in [6.07, 6.45) is 1.37. The van der Waals surface area contributed by atoms with Gasteiger partial charge in [-0.3, -0.25) is 0 Å². The summed E-state index contributed by atoms with van der Waals surface area (Å²) >= 11 is 3.60. The van der Waals surface area contributed by atoms with Crippen LogP contribution in [0.1, 0.15) is 68.4 Å². The van der Waals surface area contributed by atoms with Gasteiger partial charge >= 0.3 is 11.6 Å². The highest BCUT2D eigenvalue weighted by Gasteiger charge is 2.31. The molecule has 39 heavy (non-hydrogen) atoms. The third kappa shape index (κ3) is 8.08. The minimum absolute atomic E-state index is 0.0700. The SMILES string of the molecule is CO/C=C(/C(=O)OC)c1ccccc1COc1ccc2c(C)cc(=O)oc2c1C(SC(C)(C)C)SC(C)(C)C. The highest BCUT2D eigenvalue weighted by Crippen LogP contribution is 2.54. The Bertz CT molecular complexity index is 1390. The molecule has 0 saturated carbocycles. The summed E-state index contributed by atoms with van der Waals surface area (Å²) in [5.41, 5.74) is 3.57. The van der Waals surface area contributed by atoms with E-state index in [0.29, 0.717) is 22.5 Å². The topological polar surface area (TPSA) is 75.0 Å². The maximum absolute atomic E-state index is 12.5.